The first-order valence-corrected chi connectivity index (χ1v) is 9.39. The van der Waals surface area contributed by atoms with E-state index in [4.69, 9.17) is 14.2 Å². The predicted octanol–water partition coefficient (Wildman–Crippen LogP) is 3.16. The van der Waals surface area contributed by atoms with Crippen LogP contribution in [0.25, 0.3) is 0 Å². The monoisotopic (exact) mass is 394 g/mol. The number of alkyl carbamates (subject to hydrolysis) is 1. The summed E-state index contributed by atoms with van der Waals surface area (Å²) in [6, 6.07) is 7.10. The Morgan fingerprint density at radius 1 is 0.929 bits per heavy atom. The van der Waals surface area contributed by atoms with Gasteiger partial charge in [0.15, 0.2) is 0 Å². The maximum Gasteiger partial charge on any atom is 0.408 e. The van der Waals surface area contributed by atoms with Crippen LogP contribution in [0.1, 0.15) is 52.7 Å². The molecule has 0 aliphatic heterocycles. The van der Waals surface area contributed by atoms with Crippen molar-refractivity contribution in [1.29, 1.82) is 0 Å². The highest BCUT2D eigenvalue weighted by Gasteiger charge is 2.28. The summed E-state index contributed by atoms with van der Waals surface area (Å²) in [5, 5.41) is 5.78. The van der Waals surface area contributed by atoms with Crippen LogP contribution in [0, 0.1) is 0 Å². The van der Waals surface area contributed by atoms with Gasteiger partial charge < -0.3 is 24.8 Å². The normalized spacial score (nSPS) is 13.0. The lowest BCUT2D eigenvalue weighted by Crippen LogP contribution is -2.50. The maximum absolute atomic E-state index is 12.5. The Bertz CT molecular complexity index is 630. The molecule has 1 rings (SSSR count). The largest absolute Gasteiger partial charge is 0.458 e. The van der Waals surface area contributed by atoms with Crippen LogP contribution in [0.15, 0.2) is 24.3 Å². The van der Waals surface area contributed by atoms with E-state index in [-0.39, 0.29) is 6.54 Å². The topological polar surface area (TPSA) is 85.9 Å². The number of methoxy groups -OCH3 is 1. The highest BCUT2D eigenvalue weighted by molar-refractivity contribution is 5.82. The summed E-state index contributed by atoms with van der Waals surface area (Å²) in [5.41, 5.74) is 0.840. The summed E-state index contributed by atoms with van der Waals surface area (Å²) < 4.78 is 15.8. The highest BCUT2D eigenvalue weighted by Crippen LogP contribution is 2.11. The average molecular weight is 395 g/mol. The second kappa shape index (κ2) is 10.4. The number of carbonyl (C=O) groups is 2. The molecule has 0 saturated heterocycles. The minimum Gasteiger partial charge on any atom is -0.458 e. The number of esters is 1. The number of hydrogen-bond donors (Lipinski definition) is 2. The highest BCUT2D eigenvalue weighted by atomic mass is 16.6. The third-order valence-electron chi connectivity index (χ3n) is 3.39. The molecule has 7 nitrogen and oxygen atoms in total. The maximum atomic E-state index is 12.5. The molecule has 0 unspecified atom stereocenters. The first-order chi connectivity index (χ1) is 12.9. The van der Waals surface area contributed by atoms with Gasteiger partial charge in [0.05, 0.1) is 6.61 Å². The average Bonchev–Trinajstić information content (AvgIpc) is 2.52. The summed E-state index contributed by atoms with van der Waals surface area (Å²) >= 11 is 0. The molecule has 2 N–H and O–H groups in total. The molecular weight excluding hydrogens is 360 g/mol. The Kier molecular flexibility index (Phi) is 8.91. The standard InChI is InChI=1S/C21H34N2O5/c1-20(2,3)27-18(24)17(23-19(25)28-21(4,5)6)13-22-12-15-8-10-16(11-9-15)14-26-7/h8-11,17,22H,12-14H2,1-7H3,(H,23,25)/t17-/m0/s1. The molecule has 0 radical (unpaired) electrons. The third kappa shape index (κ3) is 10.3. The Balaban J connectivity index is 2.67. The number of hydrogen-bond acceptors (Lipinski definition) is 6. The zero-order valence-corrected chi connectivity index (χ0v) is 18.0. The Hall–Kier alpha value is -2.12. The molecule has 0 heterocycles. The van der Waals surface area contributed by atoms with Crippen LogP contribution < -0.4 is 10.6 Å². The van der Waals surface area contributed by atoms with Gasteiger partial charge in [-0.1, -0.05) is 24.3 Å². The minimum atomic E-state index is -0.859. The van der Waals surface area contributed by atoms with Crippen molar-refractivity contribution < 1.29 is 23.8 Å². The lowest BCUT2D eigenvalue weighted by Gasteiger charge is -2.26. The van der Waals surface area contributed by atoms with Crippen LogP contribution in [0.2, 0.25) is 0 Å². The third-order valence-corrected chi connectivity index (χ3v) is 3.39. The van der Waals surface area contributed by atoms with Gasteiger partial charge in [0.1, 0.15) is 17.2 Å². The van der Waals surface area contributed by atoms with E-state index in [1.165, 1.54) is 0 Å². The van der Waals surface area contributed by atoms with Gasteiger partial charge in [-0.15, -0.1) is 0 Å². The molecule has 0 fully saturated rings. The van der Waals surface area contributed by atoms with E-state index in [1.807, 2.05) is 24.3 Å². The number of rotatable bonds is 8. The molecule has 7 heteroatoms. The fourth-order valence-corrected chi connectivity index (χ4v) is 2.30. The first-order valence-electron chi connectivity index (χ1n) is 9.39. The van der Waals surface area contributed by atoms with Gasteiger partial charge in [-0.05, 0) is 52.7 Å². The van der Waals surface area contributed by atoms with Gasteiger partial charge in [0.25, 0.3) is 0 Å². The fourth-order valence-electron chi connectivity index (χ4n) is 2.30. The van der Waals surface area contributed by atoms with Gasteiger partial charge in [-0.2, -0.15) is 0 Å². The van der Waals surface area contributed by atoms with Crippen molar-refractivity contribution in [2.24, 2.45) is 0 Å². The minimum absolute atomic E-state index is 0.216. The second-order valence-corrected chi connectivity index (χ2v) is 8.61. The van der Waals surface area contributed by atoms with Crippen molar-refractivity contribution in [2.45, 2.75) is 71.9 Å². The van der Waals surface area contributed by atoms with E-state index < -0.39 is 29.3 Å². The quantitative estimate of drug-likeness (QED) is 0.659. The van der Waals surface area contributed by atoms with Crippen molar-refractivity contribution in [3.8, 4) is 0 Å². The summed E-state index contributed by atoms with van der Waals surface area (Å²) in [4.78, 5) is 24.6. The smallest absolute Gasteiger partial charge is 0.408 e. The summed E-state index contributed by atoms with van der Waals surface area (Å²) in [5.74, 6) is -0.513. The van der Waals surface area contributed by atoms with Crippen molar-refractivity contribution in [3.63, 3.8) is 0 Å². The number of amides is 1. The second-order valence-electron chi connectivity index (χ2n) is 8.61. The van der Waals surface area contributed by atoms with E-state index >= 15 is 0 Å². The molecule has 1 aromatic carbocycles. The molecule has 158 valence electrons. The van der Waals surface area contributed by atoms with E-state index in [9.17, 15) is 9.59 Å². The molecule has 1 aromatic rings. The molecule has 1 amide bonds. The van der Waals surface area contributed by atoms with Crippen molar-refractivity contribution >= 4 is 12.1 Å². The molecule has 0 saturated carbocycles. The van der Waals surface area contributed by atoms with Crippen molar-refractivity contribution in [3.05, 3.63) is 35.4 Å². The molecule has 0 spiro atoms. The Morgan fingerprint density at radius 3 is 1.96 bits per heavy atom. The fraction of sp³-hybridized carbons (Fsp3) is 0.619. The van der Waals surface area contributed by atoms with Crippen molar-refractivity contribution in [1.82, 2.24) is 10.6 Å². The molecule has 1 atom stereocenters. The zero-order chi connectivity index (χ0) is 21.4. The van der Waals surface area contributed by atoms with E-state index in [0.29, 0.717) is 13.2 Å². The van der Waals surface area contributed by atoms with Crippen LogP contribution in [-0.2, 0) is 32.2 Å². The molecule has 0 aliphatic rings. The molecular formula is C21H34N2O5. The lowest BCUT2D eigenvalue weighted by molar-refractivity contribution is -0.157. The summed E-state index contributed by atoms with van der Waals surface area (Å²) in [6.07, 6.45) is -0.658. The number of benzene rings is 1. The zero-order valence-electron chi connectivity index (χ0n) is 18.0. The van der Waals surface area contributed by atoms with Gasteiger partial charge in [-0.3, -0.25) is 0 Å². The summed E-state index contributed by atoms with van der Waals surface area (Å²) in [7, 11) is 1.66. The van der Waals surface area contributed by atoms with Gasteiger partial charge in [0.2, 0.25) is 0 Å². The molecule has 0 aromatic heterocycles. The van der Waals surface area contributed by atoms with E-state index in [0.717, 1.165) is 11.1 Å². The van der Waals surface area contributed by atoms with Crippen LogP contribution >= 0.6 is 0 Å². The van der Waals surface area contributed by atoms with Gasteiger partial charge >= 0.3 is 12.1 Å². The number of nitrogens with one attached hydrogen (secondary N) is 2. The van der Waals surface area contributed by atoms with E-state index in [2.05, 4.69) is 10.6 Å². The van der Waals surface area contributed by atoms with Crippen LogP contribution in [-0.4, -0.2) is 43.0 Å². The number of ether oxygens (including phenoxy) is 3. The Morgan fingerprint density at radius 2 is 1.46 bits per heavy atom. The SMILES string of the molecule is COCc1ccc(CNC[C@H](NC(=O)OC(C)(C)C)C(=O)OC(C)(C)C)cc1. The van der Waals surface area contributed by atoms with Gasteiger partial charge in [0, 0.05) is 20.2 Å². The van der Waals surface area contributed by atoms with Crippen LogP contribution in [0.4, 0.5) is 4.79 Å². The molecule has 28 heavy (non-hydrogen) atoms. The van der Waals surface area contributed by atoms with Crippen LogP contribution in [0.5, 0.6) is 0 Å². The lowest BCUT2D eigenvalue weighted by atomic mass is 10.1. The molecule has 0 bridgehead atoms. The van der Waals surface area contributed by atoms with Crippen molar-refractivity contribution in [2.75, 3.05) is 13.7 Å². The Labute approximate surface area is 168 Å². The molecule has 0 aliphatic carbocycles. The number of carbonyl (C=O) groups excluding carboxylic acids is 2. The predicted molar refractivity (Wildman–Crippen MR) is 108 cm³/mol. The first kappa shape index (κ1) is 23.9. The van der Waals surface area contributed by atoms with Gasteiger partial charge in [-0.25, -0.2) is 9.59 Å². The van der Waals surface area contributed by atoms with E-state index in [1.54, 1.807) is 48.7 Å². The summed E-state index contributed by atoms with van der Waals surface area (Å²) in [6.45, 7) is 12.0. The van der Waals surface area contributed by atoms with Crippen LogP contribution in [0.3, 0.4) is 0 Å².